The number of anilines is 3. The lowest BCUT2D eigenvalue weighted by Crippen LogP contribution is -2.48. The predicted octanol–water partition coefficient (Wildman–Crippen LogP) is 4.83. The lowest BCUT2D eigenvalue weighted by Gasteiger charge is -2.38. The summed E-state index contributed by atoms with van der Waals surface area (Å²) in [5.41, 5.74) is 2.13. The van der Waals surface area contributed by atoms with Crippen LogP contribution in [0, 0.1) is 30.0 Å². The molecule has 0 radical (unpaired) electrons. The van der Waals surface area contributed by atoms with Gasteiger partial charge in [0.05, 0.1) is 37.3 Å². The molecule has 0 fully saturated rings. The van der Waals surface area contributed by atoms with Crippen molar-refractivity contribution in [3.63, 3.8) is 0 Å². The zero-order chi connectivity index (χ0) is 26.9. The number of thiophene rings is 1. The zero-order valence-corrected chi connectivity index (χ0v) is 21.7. The summed E-state index contributed by atoms with van der Waals surface area (Å²) in [5, 5.41) is 24.2. The Morgan fingerprint density at radius 1 is 1.30 bits per heavy atom. The number of methoxy groups -OCH3 is 1. The average Bonchev–Trinajstić information content (AvgIpc) is 3.22. The minimum atomic E-state index is -1.16. The molecular weight excluding hydrogens is 495 g/mol. The average molecular weight is 523 g/mol. The van der Waals surface area contributed by atoms with Crippen molar-refractivity contribution in [1.82, 2.24) is 0 Å². The molecule has 0 saturated carbocycles. The third kappa shape index (κ3) is 5.01. The highest BCUT2D eigenvalue weighted by molar-refractivity contribution is 7.17. The van der Waals surface area contributed by atoms with Crippen LogP contribution in [-0.2, 0) is 4.79 Å². The van der Waals surface area contributed by atoms with E-state index in [1.165, 1.54) is 41.5 Å². The van der Waals surface area contributed by atoms with Gasteiger partial charge in [-0.25, -0.2) is 4.39 Å². The quantitative estimate of drug-likeness (QED) is 0.461. The molecule has 1 aliphatic heterocycles. The van der Waals surface area contributed by atoms with Gasteiger partial charge in [0, 0.05) is 11.5 Å². The first kappa shape index (κ1) is 26.1. The lowest BCUT2D eigenvalue weighted by atomic mass is 10.0. The molecule has 3 aromatic rings. The number of nitrogens with zero attached hydrogens (tertiary/aromatic N) is 3. The zero-order valence-electron chi connectivity index (χ0n) is 20.9. The van der Waals surface area contributed by atoms with E-state index in [9.17, 15) is 24.3 Å². The smallest absolute Gasteiger partial charge is 0.263 e. The first-order valence-electron chi connectivity index (χ1n) is 11.7. The summed E-state index contributed by atoms with van der Waals surface area (Å²) in [6.07, 6.45) is -1.16. The number of nitriles is 1. The van der Waals surface area contributed by atoms with E-state index < -0.39 is 11.9 Å². The summed E-state index contributed by atoms with van der Waals surface area (Å²) in [6, 6.07) is 13.0. The van der Waals surface area contributed by atoms with Crippen LogP contribution in [0.15, 0.2) is 42.5 Å². The first-order valence-corrected chi connectivity index (χ1v) is 12.5. The van der Waals surface area contributed by atoms with Crippen molar-refractivity contribution in [2.45, 2.75) is 26.9 Å². The number of β-amino-alcohol motifs (C(OH)–C–C–N with tert-alkyl or cyclic N) is 1. The van der Waals surface area contributed by atoms with Gasteiger partial charge in [0.2, 0.25) is 5.91 Å². The molecule has 0 aliphatic carbocycles. The van der Waals surface area contributed by atoms with E-state index in [1.54, 1.807) is 49.9 Å². The number of halogens is 1. The van der Waals surface area contributed by atoms with E-state index in [-0.39, 0.29) is 36.5 Å². The fourth-order valence-electron chi connectivity index (χ4n) is 4.20. The normalized spacial score (nSPS) is 13.8. The third-order valence-electron chi connectivity index (χ3n) is 6.21. The van der Waals surface area contributed by atoms with Crippen LogP contribution in [0.4, 0.5) is 20.8 Å². The maximum Gasteiger partial charge on any atom is 0.263 e. The summed E-state index contributed by atoms with van der Waals surface area (Å²) in [7, 11) is 1.44. The van der Waals surface area contributed by atoms with E-state index in [4.69, 9.17) is 4.74 Å². The number of rotatable bonds is 7. The van der Waals surface area contributed by atoms with Gasteiger partial charge in [0.15, 0.2) is 0 Å². The molecule has 0 saturated heterocycles. The number of aliphatic hydroxyl groups is 1. The number of hydrogen-bond acceptors (Lipinski definition) is 7. The molecule has 2 heterocycles. The molecule has 0 spiro atoms. The third-order valence-corrected chi connectivity index (χ3v) is 7.47. The Balaban J connectivity index is 1.77. The minimum absolute atomic E-state index is 0.00192. The van der Waals surface area contributed by atoms with Crippen molar-refractivity contribution in [2.24, 2.45) is 5.92 Å². The summed E-state index contributed by atoms with van der Waals surface area (Å²) in [4.78, 5) is 29.9. The summed E-state index contributed by atoms with van der Waals surface area (Å²) >= 11 is 1.17. The molecule has 2 N–H and O–H groups in total. The number of ether oxygens (including phenoxy) is 1. The Labute approximate surface area is 218 Å². The molecule has 1 aliphatic rings. The van der Waals surface area contributed by atoms with Crippen LogP contribution < -0.4 is 19.9 Å². The first-order chi connectivity index (χ1) is 17.7. The van der Waals surface area contributed by atoms with Gasteiger partial charge in [-0.2, -0.15) is 5.26 Å². The van der Waals surface area contributed by atoms with Crippen molar-refractivity contribution in [3.05, 3.63) is 69.8 Å². The highest BCUT2D eigenvalue weighted by atomic mass is 32.1. The Hall–Kier alpha value is -3.94. The molecule has 1 atom stereocenters. The summed E-state index contributed by atoms with van der Waals surface area (Å²) in [6.45, 7) is 5.31. The number of hydrogen-bond donors (Lipinski definition) is 2. The number of fused-ring (bicyclic) bond motifs is 1. The molecule has 0 bridgehead atoms. The second-order valence-corrected chi connectivity index (χ2v) is 10.0. The van der Waals surface area contributed by atoms with E-state index in [0.717, 1.165) is 0 Å². The predicted molar refractivity (Wildman–Crippen MR) is 141 cm³/mol. The van der Waals surface area contributed by atoms with Crippen LogP contribution >= 0.6 is 11.3 Å². The molecule has 4 rings (SSSR count). The second kappa shape index (κ2) is 10.6. The maximum absolute atomic E-state index is 14.0. The molecule has 8 nitrogen and oxygen atoms in total. The van der Waals surface area contributed by atoms with Crippen LogP contribution in [0.2, 0.25) is 0 Å². The van der Waals surface area contributed by atoms with Crippen molar-refractivity contribution in [2.75, 3.05) is 35.4 Å². The number of benzene rings is 2. The molecule has 2 amide bonds. The summed E-state index contributed by atoms with van der Waals surface area (Å²) < 4.78 is 19.3. The van der Waals surface area contributed by atoms with E-state index >= 15 is 0 Å². The standard InChI is InChI=1S/C27H27FN4O4S/c1-15(2)25(34)30-19-7-5-6-8-20(19)32-14-31(27-24(26(32)35)16(3)23(12-29)37-27)13-21(33)18-11-17(28)9-10-22(18)36-4/h5-11,15,21,33H,13-14H2,1-4H3,(H,30,34). The molecule has 1 aromatic heterocycles. The van der Waals surface area contributed by atoms with Gasteiger partial charge in [-0.1, -0.05) is 26.0 Å². The van der Waals surface area contributed by atoms with Crippen molar-refractivity contribution in [1.29, 1.82) is 5.26 Å². The topological polar surface area (TPSA) is 106 Å². The van der Waals surface area contributed by atoms with Crippen LogP contribution in [0.25, 0.3) is 0 Å². The number of aliphatic hydroxyl groups excluding tert-OH is 1. The second-order valence-electron chi connectivity index (χ2n) is 9.01. The number of para-hydroxylation sites is 2. The van der Waals surface area contributed by atoms with Gasteiger partial charge in [-0.15, -0.1) is 11.3 Å². The molecule has 2 aromatic carbocycles. The highest BCUT2D eigenvalue weighted by Crippen LogP contribution is 2.42. The van der Waals surface area contributed by atoms with E-state index in [0.29, 0.717) is 38.1 Å². The van der Waals surface area contributed by atoms with Gasteiger partial charge in [-0.3, -0.25) is 14.5 Å². The van der Waals surface area contributed by atoms with E-state index in [1.807, 2.05) is 0 Å². The fraction of sp³-hybridized carbons (Fsp3) is 0.296. The Bertz CT molecular complexity index is 1400. The molecule has 192 valence electrons. The van der Waals surface area contributed by atoms with E-state index in [2.05, 4.69) is 11.4 Å². The lowest BCUT2D eigenvalue weighted by molar-refractivity contribution is -0.118. The van der Waals surface area contributed by atoms with Crippen LogP contribution in [0.1, 0.15) is 46.3 Å². The minimum Gasteiger partial charge on any atom is -0.496 e. The van der Waals surface area contributed by atoms with Gasteiger partial charge in [0.25, 0.3) is 5.91 Å². The Morgan fingerprint density at radius 3 is 2.70 bits per heavy atom. The summed E-state index contributed by atoms with van der Waals surface area (Å²) in [5.74, 6) is -0.950. The van der Waals surface area contributed by atoms with Gasteiger partial charge >= 0.3 is 0 Å². The monoisotopic (exact) mass is 522 g/mol. The van der Waals surface area contributed by atoms with Crippen molar-refractivity contribution >= 4 is 39.5 Å². The van der Waals surface area contributed by atoms with Crippen LogP contribution in [0.3, 0.4) is 0 Å². The number of amides is 2. The van der Waals surface area contributed by atoms with Gasteiger partial charge in [0.1, 0.15) is 33.6 Å². The van der Waals surface area contributed by atoms with Crippen LogP contribution in [0.5, 0.6) is 5.75 Å². The fourth-order valence-corrected chi connectivity index (χ4v) is 5.30. The van der Waals surface area contributed by atoms with Crippen LogP contribution in [-0.4, -0.2) is 37.2 Å². The molecule has 1 unspecified atom stereocenters. The highest BCUT2D eigenvalue weighted by Gasteiger charge is 2.37. The largest absolute Gasteiger partial charge is 0.496 e. The molecular formula is C27H27FN4O4S. The number of nitrogens with one attached hydrogen (secondary N) is 1. The molecule has 10 heteroatoms. The maximum atomic E-state index is 14.0. The Kier molecular flexibility index (Phi) is 7.47. The number of carbonyl (C=O) groups excluding carboxylic acids is 2. The Morgan fingerprint density at radius 2 is 2.03 bits per heavy atom. The van der Waals surface area contributed by atoms with Gasteiger partial charge < -0.3 is 20.1 Å². The van der Waals surface area contributed by atoms with Crippen molar-refractivity contribution in [3.8, 4) is 11.8 Å². The number of carbonyl (C=O) groups is 2. The van der Waals surface area contributed by atoms with Crippen molar-refractivity contribution < 1.29 is 23.8 Å². The van der Waals surface area contributed by atoms with Gasteiger partial charge in [-0.05, 0) is 42.8 Å². The molecule has 37 heavy (non-hydrogen) atoms. The SMILES string of the molecule is COc1ccc(F)cc1C(O)CN1CN(c2ccccc2NC(=O)C(C)C)C(=O)c2c1sc(C#N)c2C.